The zero-order valence-electron chi connectivity index (χ0n) is 13.8. The molecule has 1 heterocycles. The van der Waals surface area contributed by atoms with Crippen LogP contribution in [0.5, 0.6) is 0 Å². The van der Waals surface area contributed by atoms with Crippen LogP contribution in [0.3, 0.4) is 0 Å². The summed E-state index contributed by atoms with van der Waals surface area (Å²) in [5, 5.41) is -0.554. The first-order valence-corrected chi connectivity index (χ1v) is 9.17. The molecule has 0 bridgehead atoms. The highest BCUT2D eigenvalue weighted by atomic mass is 28.4. The summed E-state index contributed by atoms with van der Waals surface area (Å²) in [6.45, 7) is 8.40. The molecule has 1 aliphatic heterocycles. The molecular weight excluding hydrogens is 276 g/mol. The second-order valence-electron chi connectivity index (χ2n) is 5.32. The molecule has 1 fully saturated rings. The molecule has 0 spiro atoms. The van der Waals surface area contributed by atoms with Gasteiger partial charge in [0.15, 0.2) is 0 Å². The van der Waals surface area contributed by atoms with Crippen molar-refractivity contribution >= 4 is 8.80 Å². The fraction of sp³-hybridized carbons (Fsp3) is 1.00. The topological polar surface area (TPSA) is 46.2 Å². The van der Waals surface area contributed by atoms with Gasteiger partial charge in [-0.25, -0.2) is 0 Å². The van der Waals surface area contributed by atoms with Gasteiger partial charge in [-0.1, -0.05) is 20.8 Å². The van der Waals surface area contributed by atoms with Crippen LogP contribution in [0.2, 0.25) is 0 Å². The summed E-state index contributed by atoms with van der Waals surface area (Å²) >= 11 is 0. The van der Waals surface area contributed by atoms with Crippen molar-refractivity contribution < 1.29 is 22.8 Å². The van der Waals surface area contributed by atoms with Crippen molar-refractivity contribution in [1.29, 1.82) is 0 Å². The Balaban J connectivity index is 3.29. The third kappa shape index (κ3) is 2.46. The molecule has 1 rings (SSSR count). The van der Waals surface area contributed by atoms with Crippen LogP contribution >= 0.6 is 0 Å². The van der Waals surface area contributed by atoms with Gasteiger partial charge in [0, 0.05) is 27.9 Å². The molecule has 0 aromatic carbocycles. The number of hydrogen-bond acceptors (Lipinski definition) is 5. The third-order valence-corrected chi connectivity index (χ3v) is 8.27. The van der Waals surface area contributed by atoms with E-state index in [1.54, 1.807) is 21.3 Å². The normalized spacial score (nSPS) is 21.3. The minimum Gasteiger partial charge on any atom is -0.380 e. The van der Waals surface area contributed by atoms with E-state index in [0.29, 0.717) is 19.8 Å². The Labute approximate surface area is 124 Å². The fourth-order valence-electron chi connectivity index (χ4n) is 3.35. The highest BCUT2D eigenvalue weighted by Gasteiger charge is 2.71. The van der Waals surface area contributed by atoms with E-state index in [1.807, 2.05) is 0 Å². The van der Waals surface area contributed by atoms with Crippen LogP contribution in [-0.2, 0) is 22.8 Å². The van der Waals surface area contributed by atoms with Crippen molar-refractivity contribution in [3.05, 3.63) is 0 Å². The van der Waals surface area contributed by atoms with Gasteiger partial charge in [-0.2, -0.15) is 0 Å². The Kier molecular flexibility index (Phi) is 6.62. The summed E-state index contributed by atoms with van der Waals surface area (Å²) in [7, 11) is 2.00. The predicted octanol–water partition coefficient (Wildman–Crippen LogP) is 2.41. The lowest BCUT2D eigenvalue weighted by atomic mass is 9.75. The fourth-order valence-corrected chi connectivity index (χ4v) is 6.52. The maximum atomic E-state index is 6.37. The van der Waals surface area contributed by atoms with E-state index < -0.39 is 14.0 Å². The van der Waals surface area contributed by atoms with Gasteiger partial charge in [-0.3, -0.25) is 0 Å². The van der Waals surface area contributed by atoms with Crippen molar-refractivity contribution in [2.45, 2.75) is 45.3 Å². The van der Waals surface area contributed by atoms with Crippen LogP contribution < -0.4 is 0 Å². The molecule has 0 radical (unpaired) electrons. The van der Waals surface area contributed by atoms with Gasteiger partial charge in [0.2, 0.25) is 0 Å². The van der Waals surface area contributed by atoms with Gasteiger partial charge in [-0.15, -0.1) is 0 Å². The average Bonchev–Trinajstić information content (AvgIpc) is 2.45. The SMILES string of the molecule is CCCOC(CC)(C1(CC)COC1)[Si](OC)(OC)OC. The first-order valence-electron chi connectivity index (χ1n) is 7.44. The second-order valence-corrected chi connectivity index (χ2v) is 8.47. The summed E-state index contributed by atoms with van der Waals surface area (Å²) < 4.78 is 29.3. The lowest BCUT2D eigenvalue weighted by molar-refractivity contribution is -0.233. The van der Waals surface area contributed by atoms with Crippen molar-refractivity contribution in [1.82, 2.24) is 0 Å². The highest BCUT2D eigenvalue weighted by Crippen LogP contribution is 2.51. The van der Waals surface area contributed by atoms with Crippen molar-refractivity contribution in [2.75, 3.05) is 41.2 Å². The lowest BCUT2D eigenvalue weighted by Gasteiger charge is -2.57. The Bertz CT molecular complexity index is 278. The molecule has 1 aliphatic rings. The van der Waals surface area contributed by atoms with Gasteiger partial charge in [0.05, 0.1) is 18.6 Å². The van der Waals surface area contributed by atoms with Gasteiger partial charge in [0.25, 0.3) is 0 Å². The van der Waals surface area contributed by atoms with Crippen molar-refractivity contribution in [2.24, 2.45) is 5.41 Å². The van der Waals surface area contributed by atoms with E-state index in [2.05, 4.69) is 20.8 Å². The highest BCUT2D eigenvalue weighted by molar-refractivity contribution is 6.64. The van der Waals surface area contributed by atoms with Crippen LogP contribution in [0.4, 0.5) is 0 Å². The Morgan fingerprint density at radius 3 is 1.85 bits per heavy atom. The minimum atomic E-state index is -2.96. The zero-order valence-corrected chi connectivity index (χ0v) is 14.8. The molecule has 6 heteroatoms. The predicted molar refractivity (Wildman–Crippen MR) is 79.6 cm³/mol. The standard InChI is InChI=1S/C14H30O5Si/c1-7-10-19-14(9-3,13(8-2)11-18-12-13)20(15-4,16-5)17-6/h7-12H2,1-6H3. The third-order valence-electron chi connectivity index (χ3n) is 4.64. The zero-order chi connectivity index (χ0) is 15.3. The van der Waals surface area contributed by atoms with Crippen LogP contribution in [0.15, 0.2) is 0 Å². The van der Waals surface area contributed by atoms with E-state index in [9.17, 15) is 0 Å². The van der Waals surface area contributed by atoms with Crippen LogP contribution in [0.25, 0.3) is 0 Å². The van der Waals surface area contributed by atoms with E-state index in [-0.39, 0.29) is 5.41 Å². The molecule has 1 atom stereocenters. The van der Waals surface area contributed by atoms with Crippen LogP contribution in [-0.4, -0.2) is 55.2 Å². The molecule has 1 unspecified atom stereocenters. The molecule has 0 aromatic rings. The van der Waals surface area contributed by atoms with Gasteiger partial charge >= 0.3 is 8.80 Å². The summed E-state index contributed by atoms with van der Waals surface area (Å²) in [5.41, 5.74) is -0.0921. The summed E-state index contributed by atoms with van der Waals surface area (Å²) in [4.78, 5) is 0. The summed E-state index contributed by atoms with van der Waals surface area (Å²) in [6.07, 6.45) is 2.69. The molecule has 0 N–H and O–H groups in total. The molecule has 5 nitrogen and oxygen atoms in total. The molecular formula is C14H30O5Si. The first-order chi connectivity index (χ1) is 9.57. The number of ether oxygens (including phenoxy) is 2. The van der Waals surface area contributed by atoms with Crippen LogP contribution in [0, 0.1) is 5.41 Å². The largest absolute Gasteiger partial charge is 0.534 e. The quantitative estimate of drug-likeness (QED) is 0.580. The maximum Gasteiger partial charge on any atom is 0.534 e. The van der Waals surface area contributed by atoms with Gasteiger partial charge < -0.3 is 22.8 Å². The second kappa shape index (κ2) is 7.33. The molecule has 0 amide bonds. The summed E-state index contributed by atoms with van der Waals surface area (Å²) in [6, 6.07) is 0. The van der Waals surface area contributed by atoms with Gasteiger partial charge in [0.1, 0.15) is 5.22 Å². The monoisotopic (exact) mass is 306 g/mol. The Morgan fingerprint density at radius 2 is 1.60 bits per heavy atom. The summed E-state index contributed by atoms with van der Waals surface area (Å²) in [5.74, 6) is 0. The maximum absolute atomic E-state index is 6.37. The average molecular weight is 306 g/mol. The van der Waals surface area contributed by atoms with Gasteiger partial charge in [-0.05, 0) is 19.3 Å². The van der Waals surface area contributed by atoms with Crippen LogP contribution in [0.1, 0.15) is 40.0 Å². The molecule has 0 aliphatic carbocycles. The molecule has 1 saturated heterocycles. The molecule has 120 valence electrons. The van der Waals surface area contributed by atoms with E-state index in [4.69, 9.17) is 22.8 Å². The lowest BCUT2D eigenvalue weighted by Crippen LogP contribution is -2.76. The van der Waals surface area contributed by atoms with Crippen molar-refractivity contribution in [3.63, 3.8) is 0 Å². The van der Waals surface area contributed by atoms with E-state index >= 15 is 0 Å². The number of hydrogen-bond donors (Lipinski definition) is 0. The minimum absolute atomic E-state index is 0.0921. The Hall–Kier alpha value is 0.0169. The Morgan fingerprint density at radius 1 is 1.05 bits per heavy atom. The first kappa shape index (κ1) is 18.1. The van der Waals surface area contributed by atoms with Crippen molar-refractivity contribution in [3.8, 4) is 0 Å². The number of rotatable bonds is 10. The molecule has 0 aromatic heterocycles. The van der Waals surface area contributed by atoms with E-state index in [1.165, 1.54) is 0 Å². The molecule has 20 heavy (non-hydrogen) atoms. The molecule has 0 saturated carbocycles. The smallest absolute Gasteiger partial charge is 0.380 e. The van der Waals surface area contributed by atoms with E-state index in [0.717, 1.165) is 19.3 Å².